The molecule has 1 aliphatic carbocycles. The number of nitrogens with one attached hydrogen (secondary N) is 1. The predicted octanol–water partition coefficient (Wildman–Crippen LogP) is 1.16. The van der Waals surface area contributed by atoms with Gasteiger partial charge in [0.05, 0.1) is 0 Å². The van der Waals surface area contributed by atoms with Crippen LogP contribution in [0.15, 0.2) is 0 Å². The standard InChI is InChI=1S/C9H23NOSi2/c1-12-11-13(2)10-8-9-6-4-3-5-7-9/h9-10,13H,3-8,12H2,1-2H3. The minimum absolute atomic E-state index is 0.183. The lowest BCUT2D eigenvalue weighted by Crippen LogP contribution is -2.38. The van der Waals surface area contributed by atoms with Crippen LogP contribution in [0.25, 0.3) is 0 Å². The van der Waals surface area contributed by atoms with E-state index in [9.17, 15) is 0 Å². The summed E-state index contributed by atoms with van der Waals surface area (Å²) in [5.41, 5.74) is 0. The topological polar surface area (TPSA) is 21.3 Å². The molecule has 0 aromatic rings. The van der Waals surface area contributed by atoms with Crippen molar-refractivity contribution in [2.45, 2.75) is 45.2 Å². The zero-order valence-corrected chi connectivity index (χ0v) is 11.6. The van der Waals surface area contributed by atoms with Gasteiger partial charge in [0.15, 0.2) is 0 Å². The first-order chi connectivity index (χ1) is 6.33. The molecule has 1 fully saturated rings. The molecule has 0 amide bonds. The molecule has 1 aliphatic rings. The fraction of sp³-hybridized carbons (Fsp3) is 1.00. The fourth-order valence-electron chi connectivity index (χ4n) is 2.03. The molecule has 0 spiro atoms. The Labute approximate surface area is 86.2 Å². The smallest absolute Gasteiger partial charge is 0.237 e. The van der Waals surface area contributed by atoms with E-state index in [-0.39, 0.29) is 9.76 Å². The van der Waals surface area contributed by atoms with Crippen molar-refractivity contribution in [3.63, 3.8) is 0 Å². The molecule has 1 atom stereocenters. The van der Waals surface area contributed by atoms with Gasteiger partial charge in [-0.25, -0.2) is 0 Å². The second-order valence-corrected chi connectivity index (χ2v) is 7.61. The first-order valence-corrected chi connectivity index (χ1v) is 9.87. The van der Waals surface area contributed by atoms with E-state index in [1.165, 1.54) is 38.6 Å². The van der Waals surface area contributed by atoms with Crippen molar-refractivity contribution in [2.24, 2.45) is 5.92 Å². The van der Waals surface area contributed by atoms with Crippen LogP contribution in [0.5, 0.6) is 0 Å². The molecule has 1 unspecified atom stereocenters. The molecule has 0 saturated heterocycles. The third kappa shape index (κ3) is 4.95. The highest BCUT2D eigenvalue weighted by Crippen LogP contribution is 2.22. The molecule has 1 rings (SSSR count). The lowest BCUT2D eigenvalue weighted by Gasteiger charge is -2.23. The average Bonchev–Trinajstić information content (AvgIpc) is 2.17. The Morgan fingerprint density at radius 1 is 1.38 bits per heavy atom. The summed E-state index contributed by atoms with van der Waals surface area (Å²) in [7, 11) is -1.14. The van der Waals surface area contributed by atoms with Gasteiger partial charge in [-0.05, 0) is 31.9 Å². The highest BCUT2D eigenvalue weighted by Gasteiger charge is 2.14. The molecule has 78 valence electrons. The molecule has 13 heavy (non-hydrogen) atoms. The van der Waals surface area contributed by atoms with Crippen LogP contribution in [0.3, 0.4) is 0 Å². The molecule has 0 heterocycles. The van der Waals surface area contributed by atoms with Gasteiger partial charge >= 0.3 is 0 Å². The van der Waals surface area contributed by atoms with Crippen molar-refractivity contribution < 1.29 is 4.12 Å². The van der Waals surface area contributed by atoms with Gasteiger partial charge in [-0.2, -0.15) is 0 Å². The molecule has 0 aliphatic heterocycles. The summed E-state index contributed by atoms with van der Waals surface area (Å²) in [5, 5.41) is 0. The fourth-order valence-corrected chi connectivity index (χ4v) is 5.17. The highest BCUT2D eigenvalue weighted by atomic mass is 28.4. The predicted molar refractivity (Wildman–Crippen MR) is 63.1 cm³/mol. The Balaban J connectivity index is 2.03. The third-order valence-corrected chi connectivity index (χ3v) is 6.98. The Kier molecular flexibility index (Phi) is 5.94. The summed E-state index contributed by atoms with van der Waals surface area (Å²) in [6, 6.07) is 0. The van der Waals surface area contributed by atoms with Gasteiger partial charge in [0.1, 0.15) is 9.76 Å². The van der Waals surface area contributed by atoms with Gasteiger partial charge in [0.2, 0.25) is 9.20 Å². The second kappa shape index (κ2) is 6.76. The Morgan fingerprint density at radius 2 is 2.08 bits per heavy atom. The molecule has 0 aromatic heterocycles. The second-order valence-electron chi connectivity index (χ2n) is 4.01. The maximum Gasteiger partial charge on any atom is 0.237 e. The molecule has 0 radical (unpaired) electrons. The maximum absolute atomic E-state index is 5.70. The largest absolute Gasteiger partial charge is 0.452 e. The van der Waals surface area contributed by atoms with Crippen LogP contribution < -0.4 is 4.98 Å². The summed E-state index contributed by atoms with van der Waals surface area (Å²) in [6.07, 6.45) is 7.24. The van der Waals surface area contributed by atoms with Gasteiger partial charge in [0.25, 0.3) is 0 Å². The van der Waals surface area contributed by atoms with E-state index in [4.69, 9.17) is 4.12 Å². The van der Waals surface area contributed by atoms with Crippen molar-refractivity contribution in [3.8, 4) is 0 Å². The SMILES string of the molecule is C[SiH2]O[SiH](C)NCC1CCCCC1. The Bertz CT molecular complexity index is 129. The monoisotopic (exact) mass is 217 g/mol. The van der Waals surface area contributed by atoms with Crippen molar-refractivity contribution >= 4 is 19.0 Å². The van der Waals surface area contributed by atoms with Gasteiger partial charge in [-0.1, -0.05) is 25.8 Å². The number of hydrogen-bond acceptors (Lipinski definition) is 2. The van der Waals surface area contributed by atoms with E-state index in [2.05, 4.69) is 18.1 Å². The first kappa shape index (κ1) is 11.4. The van der Waals surface area contributed by atoms with Gasteiger partial charge in [0, 0.05) is 0 Å². The molecule has 0 bridgehead atoms. The molecule has 0 aromatic carbocycles. The van der Waals surface area contributed by atoms with Crippen molar-refractivity contribution in [3.05, 3.63) is 0 Å². The quantitative estimate of drug-likeness (QED) is 0.698. The minimum atomic E-state index is -0.961. The van der Waals surface area contributed by atoms with Crippen LogP contribution >= 0.6 is 0 Å². The molecular weight excluding hydrogens is 194 g/mol. The molecule has 4 heteroatoms. The first-order valence-electron chi connectivity index (χ1n) is 5.68. The summed E-state index contributed by atoms with van der Waals surface area (Å²) < 4.78 is 5.70. The third-order valence-electron chi connectivity index (χ3n) is 2.84. The zero-order chi connectivity index (χ0) is 9.52. The Morgan fingerprint density at radius 3 is 2.69 bits per heavy atom. The van der Waals surface area contributed by atoms with E-state index >= 15 is 0 Å². The van der Waals surface area contributed by atoms with Crippen LogP contribution in [0.4, 0.5) is 0 Å². The van der Waals surface area contributed by atoms with Crippen molar-refractivity contribution in [2.75, 3.05) is 6.54 Å². The average molecular weight is 217 g/mol. The number of rotatable bonds is 5. The van der Waals surface area contributed by atoms with Crippen LogP contribution in [0.1, 0.15) is 32.1 Å². The molecular formula is C9H23NOSi2. The van der Waals surface area contributed by atoms with E-state index < -0.39 is 9.20 Å². The van der Waals surface area contributed by atoms with E-state index in [1.807, 2.05) is 0 Å². The lowest BCUT2D eigenvalue weighted by molar-refractivity contribution is 0.354. The van der Waals surface area contributed by atoms with Crippen LogP contribution in [-0.4, -0.2) is 25.5 Å². The minimum Gasteiger partial charge on any atom is -0.452 e. The van der Waals surface area contributed by atoms with Crippen LogP contribution in [-0.2, 0) is 4.12 Å². The summed E-state index contributed by atoms with van der Waals surface area (Å²) >= 11 is 0. The van der Waals surface area contributed by atoms with Crippen molar-refractivity contribution in [1.29, 1.82) is 0 Å². The van der Waals surface area contributed by atoms with E-state index in [0.29, 0.717) is 0 Å². The van der Waals surface area contributed by atoms with Gasteiger partial charge < -0.3 is 9.10 Å². The van der Waals surface area contributed by atoms with Gasteiger partial charge in [-0.15, -0.1) is 0 Å². The zero-order valence-electron chi connectivity index (χ0n) is 9.01. The highest BCUT2D eigenvalue weighted by molar-refractivity contribution is 6.54. The Hall–Kier alpha value is 0.354. The van der Waals surface area contributed by atoms with Crippen LogP contribution in [0, 0.1) is 5.92 Å². The number of hydrogen-bond donors (Lipinski definition) is 1. The van der Waals surface area contributed by atoms with Gasteiger partial charge in [-0.3, -0.25) is 0 Å². The normalized spacial score (nSPS) is 22.6. The molecule has 2 nitrogen and oxygen atoms in total. The summed E-state index contributed by atoms with van der Waals surface area (Å²) in [4.78, 5) is 3.60. The summed E-state index contributed by atoms with van der Waals surface area (Å²) in [6.45, 7) is 5.70. The molecule has 1 N–H and O–H groups in total. The maximum atomic E-state index is 5.70. The summed E-state index contributed by atoms with van der Waals surface area (Å²) in [5.74, 6) is 0.950. The van der Waals surface area contributed by atoms with E-state index in [0.717, 1.165) is 5.92 Å². The molecule has 1 saturated carbocycles. The lowest BCUT2D eigenvalue weighted by atomic mass is 9.90. The van der Waals surface area contributed by atoms with E-state index in [1.54, 1.807) is 0 Å². The van der Waals surface area contributed by atoms with Crippen molar-refractivity contribution in [1.82, 2.24) is 4.98 Å². The van der Waals surface area contributed by atoms with Crippen LogP contribution in [0.2, 0.25) is 13.1 Å².